The van der Waals surface area contributed by atoms with Crippen molar-refractivity contribution in [3.05, 3.63) is 49.8 Å². The monoisotopic (exact) mass is 447 g/mol. The molecule has 0 saturated heterocycles. The summed E-state index contributed by atoms with van der Waals surface area (Å²) >= 11 is 5.97. The molecule has 2 rings (SSSR count). The van der Waals surface area contributed by atoms with Gasteiger partial charge < -0.3 is 5.32 Å². The number of nitrogens with zero attached hydrogens (tertiary/aromatic N) is 2. The van der Waals surface area contributed by atoms with Gasteiger partial charge in [-0.3, -0.25) is 4.68 Å². The molecule has 5 heteroatoms. The Kier molecular flexibility index (Phi) is 6.04. The molecule has 1 N–H and O–H groups in total. The zero-order valence-electron chi connectivity index (χ0n) is 11.7. The van der Waals surface area contributed by atoms with E-state index in [1.807, 2.05) is 6.20 Å². The van der Waals surface area contributed by atoms with Gasteiger partial charge in [0.15, 0.2) is 0 Å². The second-order valence-corrected chi connectivity index (χ2v) is 6.73. The van der Waals surface area contributed by atoms with Crippen molar-refractivity contribution >= 4 is 38.5 Å². The molecule has 0 aliphatic rings. The van der Waals surface area contributed by atoms with Crippen molar-refractivity contribution in [2.75, 3.05) is 6.54 Å². The smallest absolute Gasteiger partial charge is 0.0759 e. The van der Waals surface area contributed by atoms with E-state index in [-0.39, 0.29) is 6.04 Å². The van der Waals surface area contributed by atoms with Crippen molar-refractivity contribution in [3.8, 4) is 0 Å². The fourth-order valence-electron chi connectivity index (χ4n) is 2.23. The van der Waals surface area contributed by atoms with Crippen LogP contribution in [0.3, 0.4) is 0 Å². The van der Waals surface area contributed by atoms with Crippen LogP contribution < -0.4 is 5.32 Å². The summed E-state index contributed by atoms with van der Waals surface area (Å²) in [6.45, 7) is 6.16. The van der Waals surface area contributed by atoms with Gasteiger partial charge in [0.25, 0.3) is 0 Å². The molecular formula is C15H19BrIN3. The lowest BCUT2D eigenvalue weighted by Crippen LogP contribution is -2.26. The molecule has 0 saturated carbocycles. The summed E-state index contributed by atoms with van der Waals surface area (Å²) in [6.07, 6.45) is 2.99. The van der Waals surface area contributed by atoms with Crippen molar-refractivity contribution in [2.45, 2.75) is 32.9 Å². The van der Waals surface area contributed by atoms with E-state index in [2.05, 4.69) is 91.7 Å². The Morgan fingerprint density at radius 2 is 2.00 bits per heavy atom. The first-order chi connectivity index (χ1) is 9.67. The van der Waals surface area contributed by atoms with Crippen molar-refractivity contribution in [2.24, 2.45) is 0 Å². The maximum Gasteiger partial charge on any atom is 0.0759 e. The third-order valence-corrected chi connectivity index (χ3v) is 4.54. The molecule has 0 fully saturated rings. The van der Waals surface area contributed by atoms with Crippen molar-refractivity contribution < 1.29 is 0 Å². The number of hydrogen-bond donors (Lipinski definition) is 1. The van der Waals surface area contributed by atoms with Crippen molar-refractivity contribution in [1.29, 1.82) is 0 Å². The van der Waals surface area contributed by atoms with E-state index in [0.29, 0.717) is 0 Å². The standard InChI is InChI=1S/C15H19BrIN3/c1-3-9-18-14(11-5-7-12(17)8-6-11)15-13(16)10-19-20(15)4-2/h5-8,10,14,18H,3-4,9H2,1-2H3. The normalized spacial score (nSPS) is 12.6. The minimum absolute atomic E-state index is 0.170. The first-order valence-corrected chi connectivity index (χ1v) is 8.74. The zero-order valence-corrected chi connectivity index (χ0v) is 15.5. The third kappa shape index (κ3) is 3.62. The van der Waals surface area contributed by atoms with Gasteiger partial charge in [0, 0.05) is 10.1 Å². The van der Waals surface area contributed by atoms with Gasteiger partial charge in [-0.05, 0) is 76.1 Å². The molecular weight excluding hydrogens is 429 g/mol. The molecule has 0 spiro atoms. The van der Waals surface area contributed by atoms with Gasteiger partial charge in [-0.25, -0.2) is 0 Å². The van der Waals surface area contributed by atoms with E-state index in [4.69, 9.17) is 0 Å². The SMILES string of the molecule is CCCNC(c1ccc(I)cc1)c1c(Br)cnn1CC. The van der Waals surface area contributed by atoms with Crippen molar-refractivity contribution in [3.63, 3.8) is 0 Å². The molecule has 1 unspecified atom stereocenters. The Bertz CT molecular complexity index is 551. The van der Waals surface area contributed by atoms with Gasteiger partial charge in [0.2, 0.25) is 0 Å². The maximum absolute atomic E-state index is 4.43. The minimum Gasteiger partial charge on any atom is -0.305 e. The Labute approximate surface area is 142 Å². The van der Waals surface area contributed by atoms with E-state index in [9.17, 15) is 0 Å². The Balaban J connectivity index is 2.41. The summed E-state index contributed by atoms with van der Waals surface area (Å²) in [5, 5.41) is 8.06. The molecule has 108 valence electrons. The van der Waals surface area contributed by atoms with Crippen LogP contribution in [0.25, 0.3) is 0 Å². The van der Waals surface area contributed by atoms with Gasteiger partial charge in [-0.1, -0.05) is 19.1 Å². The molecule has 2 aromatic rings. The first-order valence-electron chi connectivity index (χ1n) is 6.87. The molecule has 1 atom stereocenters. The van der Waals surface area contributed by atoms with E-state index >= 15 is 0 Å². The fourth-order valence-corrected chi connectivity index (χ4v) is 3.11. The molecule has 0 bridgehead atoms. The van der Waals surface area contributed by atoms with E-state index in [1.54, 1.807) is 0 Å². The van der Waals surface area contributed by atoms with Crippen LogP contribution in [0.15, 0.2) is 34.9 Å². The average molecular weight is 448 g/mol. The third-order valence-electron chi connectivity index (χ3n) is 3.21. The summed E-state index contributed by atoms with van der Waals surface area (Å²) in [4.78, 5) is 0. The highest BCUT2D eigenvalue weighted by atomic mass is 127. The second-order valence-electron chi connectivity index (χ2n) is 4.63. The van der Waals surface area contributed by atoms with Crippen LogP contribution in [0.5, 0.6) is 0 Å². The Hall–Kier alpha value is -0.400. The van der Waals surface area contributed by atoms with Gasteiger partial charge >= 0.3 is 0 Å². The highest BCUT2D eigenvalue weighted by Gasteiger charge is 2.20. The van der Waals surface area contributed by atoms with Crippen LogP contribution >= 0.6 is 38.5 Å². The predicted octanol–water partition coefficient (Wildman–Crippen LogP) is 4.36. The second kappa shape index (κ2) is 7.56. The van der Waals surface area contributed by atoms with Gasteiger partial charge in [0.05, 0.1) is 22.4 Å². The summed E-state index contributed by atoms with van der Waals surface area (Å²) < 4.78 is 4.37. The number of hydrogen-bond acceptors (Lipinski definition) is 2. The van der Waals surface area contributed by atoms with Crippen molar-refractivity contribution in [1.82, 2.24) is 15.1 Å². The molecule has 20 heavy (non-hydrogen) atoms. The van der Waals surface area contributed by atoms with Crippen LogP contribution in [0.4, 0.5) is 0 Å². The highest BCUT2D eigenvalue weighted by molar-refractivity contribution is 14.1. The largest absolute Gasteiger partial charge is 0.305 e. The minimum atomic E-state index is 0.170. The molecule has 3 nitrogen and oxygen atoms in total. The molecule has 1 aromatic carbocycles. The lowest BCUT2D eigenvalue weighted by atomic mass is 10.0. The van der Waals surface area contributed by atoms with E-state index in [0.717, 1.165) is 24.0 Å². The number of halogens is 2. The van der Waals surface area contributed by atoms with Crippen LogP contribution in [0.2, 0.25) is 0 Å². The predicted molar refractivity (Wildman–Crippen MR) is 94.9 cm³/mol. The van der Waals surface area contributed by atoms with Gasteiger partial charge in [-0.15, -0.1) is 0 Å². The first kappa shape index (κ1) is 16.0. The van der Waals surface area contributed by atoms with Crippen LogP contribution in [-0.2, 0) is 6.54 Å². The van der Waals surface area contributed by atoms with Crippen LogP contribution in [0, 0.1) is 3.57 Å². The fraction of sp³-hybridized carbons (Fsp3) is 0.400. The lowest BCUT2D eigenvalue weighted by molar-refractivity contribution is 0.528. The van der Waals surface area contributed by atoms with Gasteiger partial charge in [0.1, 0.15) is 0 Å². The molecule has 0 amide bonds. The number of benzene rings is 1. The van der Waals surface area contributed by atoms with E-state index in [1.165, 1.54) is 14.8 Å². The topological polar surface area (TPSA) is 29.9 Å². The lowest BCUT2D eigenvalue weighted by Gasteiger charge is -2.21. The average Bonchev–Trinajstić information content (AvgIpc) is 2.82. The Morgan fingerprint density at radius 3 is 2.60 bits per heavy atom. The zero-order chi connectivity index (χ0) is 14.5. The molecule has 0 aliphatic heterocycles. The highest BCUT2D eigenvalue weighted by Crippen LogP contribution is 2.29. The number of aromatic nitrogens is 2. The summed E-state index contributed by atoms with van der Waals surface area (Å²) in [5.74, 6) is 0. The number of nitrogens with one attached hydrogen (secondary N) is 1. The molecule has 0 radical (unpaired) electrons. The number of rotatable bonds is 6. The summed E-state index contributed by atoms with van der Waals surface area (Å²) in [5.41, 5.74) is 2.47. The quantitative estimate of drug-likeness (QED) is 0.666. The van der Waals surface area contributed by atoms with Crippen LogP contribution in [0.1, 0.15) is 37.6 Å². The maximum atomic E-state index is 4.43. The number of aryl methyl sites for hydroxylation is 1. The Morgan fingerprint density at radius 1 is 1.30 bits per heavy atom. The summed E-state index contributed by atoms with van der Waals surface area (Å²) in [7, 11) is 0. The molecule has 1 heterocycles. The van der Waals surface area contributed by atoms with E-state index < -0.39 is 0 Å². The summed E-state index contributed by atoms with van der Waals surface area (Å²) in [6, 6.07) is 8.85. The van der Waals surface area contributed by atoms with Gasteiger partial charge in [-0.2, -0.15) is 5.10 Å². The molecule has 0 aliphatic carbocycles. The molecule has 1 aromatic heterocycles. The van der Waals surface area contributed by atoms with Crippen LogP contribution in [-0.4, -0.2) is 16.3 Å².